The second-order valence-electron chi connectivity index (χ2n) is 16.4. The number of rotatable bonds is 28. The van der Waals surface area contributed by atoms with Crippen molar-refractivity contribution in [2.45, 2.75) is 173 Å². The average molecular weight is 792 g/mol. The molecule has 0 saturated carbocycles. The fourth-order valence-electron chi connectivity index (χ4n) is 7.30. The number of carboxylic acid groups (broad SMARTS) is 1. The minimum atomic E-state index is -1.17. The largest absolute Gasteiger partial charge is 0.480 e. The highest BCUT2D eigenvalue weighted by molar-refractivity contribution is 5.85. The number of fused-ring (bicyclic) bond motifs is 3. The molecule has 1 aliphatic rings. The van der Waals surface area contributed by atoms with E-state index in [1.165, 1.54) is 64.2 Å². The second kappa shape index (κ2) is 25.8. The molecule has 0 spiro atoms. The number of unbranched alkanes of at least 4 members (excludes halogenated alkanes) is 13. The molecule has 1 aliphatic carbocycles. The van der Waals surface area contributed by atoms with Gasteiger partial charge in [0.2, 0.25) is 11.8 Å². The van der Waals surface area contributed by atoms with E-state index in [4.69, 9.17) is 9.47 Å². The summed E-state index contributed by atoms with van der Waals surface area (Å²) in [6.45, 7) is 7.88. The van der Waals surface area contributed by atoms with Gasteiger partial charge in [-0.15, -0.1) is 0 Å². The van der Waals surface area contributed by atoms with E-state index in [1.807, 2.05) is 48.5 Å². The van der Waals surface area contributed by atoms with Crippen molar-refractivity contribution < 1.29 is 38.6 Å². The zero-order chi connectivity index (χ0) is 41.5. The SMILES string of the molecule is CCCCCCCCCCCCCCCC(=O)NC(CCC(=O)NCCCC[C@H](NC(=O)OCC1c2ccccc2-c2ccccc21)C(=O)O)C(=O)OC(C)(C)C. The van der Waals surface area contributed by atoms with Gasteiger partial charge in [-0.1, -0.05) is 133 Å². The van der Waals surface area contributed by atoms with Crippen LogP contribution in [0.5, 0.6) is 0 Å². The summed E-state index contributed by atoms with van der Waals surface area (Å²) in [6, 6.07) is 13.9. The lowest BCUT2D eigenvalue weighted by Crippen LogP contribution is -2.44. The van der Waals surface area contributed by atoms with Gasteiger partial charge in [0, 0.05) is 25.3 Å². The second-order valence-corrected chi connectivity index (χ2v) is 16.4. The normalized spacial score (nSPS) is 13.2. The van der Waals surface area contributed by atoms with E-state index in [2.05, 4.69) is 22.9 Å². The lowest BCUT2D eigenvalue weighted by atomic mass is 9.98. The van der Waals surface area contributed by atoms with Crippen LogP contribution < -0.4 is 16.0 Å². The molecule has 0 heterocycles. The number of nitrogens with one attached hydrogen (secondary N) is 3. The summed E-state index contributed by atoms with van der Waals surface area (Å²) in [5.74, 6) is -2.40. The first-order valence-electron chi connectivity index (χ1n) is 21.5. The van der Waals surface area contributed by atoms with Crippen LogP contribution in [-0.4, -0.2) is 65.8 Å². The van der Waals surface area contributed by atoms with Crippen LogP contribution in [0.3, 0.4) is 0 Å². The highest BCUT2D eigenvalue weighted by atomic mass is 16.6. The molecule has 0 aliphatic heterocycles. The quantitative estimate of drug-likeness (QED) is 0.0490. The fraction of sp³-hybridized carbons (Fsp3) is 0.630. The number of amides is 3. The topological polar surface area (TPSA) is 160 Å². The van der Waals surface area contributed by atoms with E-state index in [-0.39, 0.29) is 43.6 Å². The third kappa shape index (κ3) is 18.2. The number of carbonyl (C=O) groups is 5. The van der Waals surface area contributed by atoms with Gasteiger partial charge in [-0.2, -0.15) is 0 Å². The molecule has 2 atom stereocenters. The van der Waals surface area contributed by atoms with Gasteiger partial charge in [0.15, 0.2) is 0 Å². The minimum absolute atomic E-state index is 0.00399. The summed E-state index contributed by atoms with van der Waals surface area (Å²) in [6.07, 6.45) is 16.5. The Hall–Kier alpha value is -4.41. The van der Waals surface area contributed by atoms with E-state index in [0.717, 1.165) is 41.5 Å². The summed E-state index contributed by atoms with van der Waals surface area (Å²) >= 11 is 0. The van der Waals surface area contributed by atoms with Crippen LogP contribution >= 0.6 is 0 Å². The van der Waals surface area contributed by atoms with Crippen LogP contribution in [0.25, 0.3) is 11.1 Å². The van der Waals surface area contributed by atoms with Gasteiger partial charge in [-0.3, -0.25) is 9.59 Å². The number of aliphatic carboxylic acids is 1. The minimum Gasteiger partial charge on any atom is -0.480 e. The maximum Gasteiger partial charge on any atom is 0.407 e. The molecule has 2 aromatic rings. The third-order valence-corrected chi connectivity index (χ3v) is 10.4. The Balaban J connectivity index is 1.31. The van der Waals surface area contributed by atoms with Crippen molar-refractivity contribution in [1.29, 1.82) is 0 Å². The van der Waals surface area contributed by atoms with E-state index in [0.29, 0.717) is 25.8 Å². The molecule has 11 heteroatoms. The Kier molecular flexibility index (Phi) is 21.2. The highest BCUT2D eigenvalue weighted by Crippen LogP contribution is 2.44. The van der Waals surface area contributed by atoms with Crippen LogP contribution in [-0.2, 0) is 28.7 Å². The molecule has 2 aromatic carbocycles. The first kappa shape index (κ1) is 47.0. The third-order valence-electron chi connectivity index (χ3n) is 10.4. The first-order valence-corrected chi connectivity index (χ1v) is 21.5. The molecule has 0 fully saturated rings. The van der Waals surface area contributed by atoms with Crippen molar-refractivity contribution in [2.75, 3.05) is 13.2 Å². The van der Waals surface area contributed by atoms with Crippen molar-refractivity contribution in [3.05, 3.63) is 59.7 Å². The predicted molar refractivity (Wildman–Crippen MR) is 224 cm³/mol. The zero-order valence-electron chi connectivity index (χ0n) is 35.0. The monoisotopic (exact) mass is 792 g/mol. The number of ether oxygens (including phenoxy) is 2. The van der Waals surface area contributed by atoms with E-state index in [9.17, 15) is 29.1 Å². The molecular weight excluding hydrogens is 723 g/mol. The van der Waals surface area contributed by atoms with Crippen molar-refractivity contribution in [1.82, 2.24) is 16.0 Å². The summed E-state index contributed by atoms with van der Waals surface area (Å²) in [5, 5.41) is 17.8. The number of hydrogen-bond acceptors (Lipinski definition) is 7. The molecule has 3 amide bonds. The molecule has 11 nitrogen and oxygen atoms in total. The molecule has 0 radical (unpaired) electrons. The van der Waals surface area contributed by atoms with Crippen LogP contribution in [0.15, 0.2) is 48.5 Å². The number of alkyl carbamates (subject to hydrolysis) is 1. The van der Waals surface area contributed by atoms with Gasteiger partial charge in [-0.05, 0) is 75.1 Å². The number of carbonyl (C=O) groups excluding carboxylic acids is 4. The molecule has 316 valence electrons. The van der Waals surface area contributed by atoms with Crippen LogP contribution in [0.4, 0.5) is 4.79 Å². The van der Waals surface area contributed by atoms with Crippen molar-refractivity contribution in [2.24, 2.45) is 0 Å². The van der Waals surface area contributed by atoms with Crippen LogP contribution in [0.2, 0.25) is 0 Å². The van der Waals surface area contributed by atoms with Gasteiger partial charge < -0.3 is 30.5 Å². The summed E-state index contributed by atoms with van der Waals surface area (Å²) in [4.78, 5) is 63.0. The maximum atomic E-state index is 12.9. The van der Waals surface area contributed by atoms with Crippen molar-refractivity contribution >= 4 is 29.8 Å². The first-order chi connectivity index (χ1) is 27.4. The van der Waals surface area contributed by atoms with E-state index >= 15 is 0 Å². The number of carboxylic acids is 1. The summed E-state index contributed by atoms with van der Waals surface area (Å²) in [7, 11) is 0. The molecular formula is C46H69N3O8. The Morgan fingerprint density at radius 2 is 1.19 bits per heavy atom. The maximum absolute atomic E-state index is 12.9. The van der Waals surface area contributed by atoms with Crippen molar-refractivity contribution in [3.63, 3.8) is 0 Å². The molecule has 0 bridgehead atoms. The average Bonchev–Trinajstić information content (AvgIpc) is 3.49. The summed E-state index contributed by atoms with van der Waals surface area (Å²) in [5.41, 5.74) is 3.58. The van der Waals surface area contributed by atoms with E-state index < -0.39 is 35.7 Å². The smallest absolute Gasteiger partial charge is 0.407 e. The lowest BCUT2D eigenvalue weighted by Gasteiger charge is -2.24. The van der Waals surface area contributed by atoms with Crippen LogP contribution in [0.1, 0.15) is 167 Å². The van der Waals surface area contributed by atoms with Crippen molar-refractivity contribution in [3.8, 4) is 11.1 Å². The molecule has 1 unspecified atom stereocenters. The lowest BCUT2D eigenvalue weighted by molar-refractivity contribution is -0.159. The van der Waals surface area contributed by atoms with Gasteiger partial charge in [0.05, 0.1) is 0 Å². The molecule has 57 heavy (non-hydrogen) atoms. The Morgan fingerprint density at radius 1 is 0.649 bits per heavy atom. The van der Waals surface area contributed by atoms with Gasteiger partial charge >= 0.3 is 18.0 Å². The Labute approximate surface area is 340 Å². The molecule has 0 saturated heterocycles. The zero-order valence-corrected chi connectivity index (χ0v) is 35.0. The van der Waals surface area contributed by atoms with Gasteiger partial charge in [0.25, 0.3) is 0 Å². The van der Waals surface area contributed by atoms with E-state index in [1.54, 1.807) is 20.8 Å². The number of benzene rings is 2. The van der Waals surface area contributed by atoms with Gasteiger partial charge in [0.1, 0.15) is 24.3 Å². The Bertz CT molecular complexity index is 1510. The highest BCUT2D eigenvalue weighted by Gasteiger charge is 2.30. The standard InChI is InChI=1S/C46H69N3O8/c1-5-6-7-8-9-10-11-12-13-14-15-16-17-29-42(51)48-40(44(54)57-46(2,3)4)30-31-41(50)47-32-23-22-28-39(43(52)53)49-45(55)56-33-38-36-26-20-18-24-34(36)35-25-19-21-27-37(35)38/h18-21,24-27,38-40H,5-17,22-23,28-33H2,1-4H3,(H,47,50)(H,48,51)(H,49,55)(H,52,53)/t39-,40?/m0/s1. The molecule has 4 N–H and O–H groups in total. The molecule has 0 aromatic heterocycles. The number of esters is 1. The number of hydrogen-bond donors (Lipinski definition) is 4. The van der Waals surface area contributed by atoms with Crippen LogP contribution in [0, 0.1) is 0 Å². The van der Waals surface area contributed by atoms with Gasteiger partial charge in [-0.25, -0.2) is 14.4 Å². The predicted octanol–water partition coefficient (Wildman–Crippen LogP) is 9.35. The molecule has 3 rings (SSSR count). The summed E-state index contributed by atoms with van der Waals surface area (Å²) < 4.78 is 11.1. The fourth-order valence-corrected chi connectivity index (χ4v) is 7.30. The Morgan fingerprint density at radius 3 is 1.74 bits per heavy atom.